The number of hydrogen-bond donors (Lipinski definition) is 1. The van der Waals surface area contributed by atoms with Crippen molar-refractivity contribution in [1.82, 2.24) is 0 Å². The lowest BCUT2D eigenvalue weighted by molar-refractivity contribution is 0.414. The summed E-state index contributed by atoms with van der Waals surface area (Å²) < 4.78 is 18.9. The molecule has 0 aromatic heterocycles. The van der Waals surface area contributed by atoms with Crippen LogP contribution in [0.15, 0.2) is 46.9 Å². The van der Waals surface area contributed by atoms with E-state index in [0.717, 1.165) is 17.0 Å². The van der Waals surface area contributed by atoms with Gasteiger partial charge in [-0.2, -0.15) is 0 Å². The van der Waals surface area contributed by atoms with Gasteiger partial charge in [0.15, 0.2) is 0 Å². The van der Waals surface area contributed by atoms with Crippen molar-refractivity contribution in [2.45, 2.75) is 6.54 Å². The lowest BCUT2D eigenvalue weighted by atomic mass is 10.2. The Morgan fingerprint density at radius 2 is 1.89 bits per heavy atom. The van der Waals surface area contributed by atoms with Crippen LogP contribution in [-0.4, -0.2) is 7.11 Å². The second kappa shape index (κ2) is 5.87. The van der Waals surface area contributed by atoms with Gasteiger partial charge in [0.1, 0.15) is 11.6 Å². The molecule has 0 saturated carbocycles. The summed E-state index contributed by atoms with van der Waals surface area (Å²) in [4.78, 5) is 0. The molecule has 2 nitrogen and oxygen atoms in total. The van der Waals surface area contributed by atoms with Gasteiger partial charge in [0.25, 0.3) is 0 Å². The fourth-order valence-electron chi connectivity index (χ4n) is 1.55. The van der Waals surface area contributed by atoms with Crippen molar-refractivity contribution in [3.8, 4) is 5.75 Å². The van der Waals surface area contributed by atoms with Crippen molar-refractivity contribution < 1.29 is 9.13 Å². The van der Waals surface area contributed by atoms with E-state index in [-0.39, 0.29) is 5.82 Å². The van der Waals surface area contributed by atoms with Gasteiger partial charge >= 0.3 is 0 Å². The van der Waals surface area contributed by atoms with Crippen LogP contribution in [0.4, 0.5) is 10.1 Å². The Kier molecular flexibility index (Phi) is 4.20. The van der Waals surface area contributed by atoms with E-state index in [0.29, 0.717) is 11.0 Å². The zero-order valence-electron chi connectivity index (χ0n) is 9.91. The normalized spacial score (nSPS) is 10.2. The second-order valence-corrected chi connectivity index (χ2v) is 4.68. The molecule has 4 heteroatoms. The number of halogens is 2. The summed E-state index contributed by atoms with van der Waals surface area (Å²) in [6, 6.07) is 12.7. The lowest BCUT2D eigenvalue weighted by Crippen LogP contribution is -1.99. The molecule has 0 aliphatic rings. The van der Waals surface area contributed by atoms with Crippen molar-refractivity contribution in [2.24, 2.45) is 0 Å². The number of methoxy groups -OCH3 is 1. The average molecular weight is 310 g/mol. The van der Waals surface area contributed by atoms with Crippen LogP contribution in [0, 0.1) is 5.82 Å². The van der Waals surface area contributed by atoms with Gasteiger partial charge in [0.2, 0.25) is 0 Å². The van der Waals surface area contributed by atoms with Crippen LogP contribution in [0.25, 0.3) is 0 Å². The van der Waals surface area contributed by atoms with Crippen LogP contribution in [0.3, 0.4) is 0 Å². The third kappa shape index (κ3) is 3.23. The largest absolute Gasteiger partial charge is 0.497 e. The molecule has 2 rings (SSSR count). The molecule has 94 valence electrons. The Morgan fingerprint density at radius 1 is 1.17 bits per heavy atom. The smallest absolute Gasteiger partial charge is 0.139 e. The summed E-state index contributed by atoms with van der Waals surface area (Å²) in [5.41, 5.74) is 1.87. The standard InChI is InChI=1S/C14H13BrFNO/c1-18-12-5-2-10(3-6-12)9-17-11-4-7-13(15)14(16)8-11/h2-8,17H,9H2,1H3. The first-order valence-electron chi connectivity index (χ1n) is 5.51. The molecule has 1 N–H and O–H groups in total. The van der Waals surface area contributed by atoms with Crippen LogP contribution in [-0.2, 0) is 6.54 Å². The highest BCUT2D eigenvalue weighted by Crippen LogP contribution is 2.20. The Hall–Kier alpha value is -1.55. The first-order chi connectivity index (χ1) is 8.69. The quantitative estimate of drug-likeness (QED) is 0.913. The van der Waals surface area contributed by atoms with Gasteiger partial charge in [-0.25, -0.2) is 4.39 Å². The number of ether oxygens (including phenoxy) is 1. The molecule has 0 bridgehead atoms. The van der Waals surface area contributed by atoms with Crippen molar-refractivity contribution in [3.63, 3.8) is 0 Å². The zero-order chi connectivity index (χ0) is 13.0. The predicted molar refractivity (Wildman–Crippen MR) is 74.4 cm³/mol. The van der Waals surface area contributed by atoms with Crippen molar-refractivity contribution in [1.29, 1.82) is 0 Å². The Balaban J connectivity index is 1.99. The number of rotatable bonds is 4. The molecular formula is C14H13BrFNO. The van der Waals surface area contributed by atoms with E-state index in [1.54, 1.807) is 13.2 Å². The van der Waals surface area contributed by atoms with E-state index >= 15 is 0 Å². The van der Waals surface area contributed by atoms with E-state index in [2.05, 4.69) is 21.2 Å². The molecule has 2 aromatic rings. The zero-order valence-corrected chi connectivity index (χ0v) is 11.5. The highest BCUT2D eigenvalue weighted by atomic mass is 79.9. The molecule has 0 aliphatic carbocycles. The minimum atomic E-state index is -0.269. The highest BCUT2D eigenvalue weighted by molar-refractivity contribution is 9.10. The van der Waals surface area contributed by atoms with Gasteiger partial charge in [0, 0.05) is 12.2 Å². The molecule has 0 amide bonds. The van der Waals surface area contributed by atoms with Gasteiger partial charge in [-0.05, 0) is 51.8 Å². The van der Waals surface area contributed by atoms with Gasteiger partial charge in [-0.15, -0.1) is 0 Å². The van der Waals surface area contributed by atoms with Crippen LogP contribution < -0.4 is 10.1 Å². The average Bonchev–Trinajstić information content (AvgIpc) is 2.41. The molecule has 0 atom stereocenters. The Labute approximate surface area is 114 Å². The number of anilines is 1. The Bertz CT molecular complexity index is 528. The van der Waals surface area contributed by atoms with E-state index in [9.17, 15) is 4.39 Å². The number of hydrogen-bond acceptors (Lipinski definition) is 2. The summed E-state index contributed by atoms with van der Waals surface area (Å²) in [5, 5.41) is 3.16. The monoisotopic (exact) mass is 309 g/mol. The molecule has 2 aromatic carbocycles. The van der Waals surface area contributed by atoms with Crippen molar-refractivity contribution in [3.05, 3.63) is 58.3 Å². The summed E-state index contributed by atoms with van der Waals surface area (Å²) in [6.45, 7) is 0.644. The Morgan fingerprint density at radius 3 is 2.50 bits per heavy atom. The van der Waals surface area contributed by atoms with E-state index in [1.807, 2.05) is 30.3 Å². The summed E-state index contributed by atoms with van der Waals surface area (Å²) in [7, 11) is 1.64. The minimum absolute atomic E-state index is 0.269. The summed E-state index contributed by atoms with van der Waals surface area (Å²) in [5.74, 6) is 0.558. The fourth-order valence-corrected chi connectivity index (χ4v) is 1.80. The molecule has 0 aliphatic heterocycles. The van der Waals surface area contributed by atoms with Crippen LogP contribution in [0.5, 0.6) is 5.75 Å². The molecule has 0 heterocycles. The van der Waals surface area contributed by atoms with Crippen LogP contribution >= 0.6 is 15.9 Å². The maximum Gasteiger partial charge on any atom is 0.139 e. The minimum Gasteiger partial charge on any atom is -0.497 e. The summed E-state index contributed by atoms with van der Waals surface area (Å²) in [6.07, 6.45) is 0. The predicted octanol–water partition coefficient (Wildman–Crippen LogP) is 4.21. The fraction of sp³-hybridized carbons (Fsp3) is 0.143. The first-order valence-corrected chi connectivity index (χ1v) is 6.30. The maximum atomic E-state index is 13.3. The first kappa shape index (κ1) is 12.9. The summed E-state index contributed by atoms with van der Waals surface area (Å²) >= 11 is 3.12. The maximum absolute atomic E-state index is 13.3. The highest BCUT2D eigenvalue weighted by Gasteiger charge is 2.00. The molecule has 0 radical (unpaired) electrons. The molecule has 0 saturated heterocycles. The van der Waals surface area contributed by atoms with E-state index in [1.165, 1.54) is 6.07 Å². The van der Waals surface area contributed by atoms with Gasteiger partial charge in [-0.1, -0.05) is 12.1 Å². The van der Waals surface area contributed by atoms with Crippen molar-refractivity contribution >= 4 is 21.6 Å². The SMILES string of the molecule is COc1ccc(CNc2ccc(Br)c(F)c2)cc1. The van der Waals surface area contributed by atoms with Gasteiger partial charge in [-0.3, -0.25) is 0 Å². The molecule has 0 fully saturated rings. The van der Waals surface area contributed by atoms with Crippen LogP contribution in [0.1, 0.15) is 5.56 Å². The lowest BCUT2D eigenvalue weighted by Gasteiger charge is -2.08. The van der Waals surface area contributed by atoms with Crippen molar-refractivity contribution in [2.75, 3.05) is 12.4 Å². The molecule has 18 heavy (non-hydrogen) atoms. The van der Waals surface area contributed by atoms with E-state index in [4.69, 9.17) is 4.74 Å². The molecule has 0 spiro atoms. The molecular weight excluding hydrogens is 297 g/mol. The second-order valence-electron chi connectivity index (χ2n) is 3.83. The van der Waals surface area contributed by atoms with Gasteiger partial charge in [0.05, 0.1) is 11.6 Å². The topological polar surface area (TPSA) is 21.3 Å². The molecule has 0 unspecified atom stereocenters. The van der Waals surface area contributed by atoms with Gasteiger partial charge < -0.3 is 10.1 Å². The van der Waals surface area contributed by atoms with Crippen LogP contribution in [0.2, 0.25) is 0 Å². The number of nitrogens with one attached hydrogen (secondary N) is 1. The number of benzene rings is 2. The third-order valence-corrected chi connectivity index (χ3v) is 3.22. The third-order valence-electron chi connectivity index (χ3n) is 2.58. The van der Waals surface area contributed by atoms with E-state index < -0.39 is 0 Å².